The van der Waals surface area contributed by atoms with Gasteiger partial charge in [0.2, 0.25) is 5.91 Å². The highest BCUT2D eigenvalue weighted by atomic mass is 16.5. The number of ether oxygens (including phenoxy) is 3. The maximum atomic E-state index is 11.7. The molecule has 0 heterocycles. The minimum Gasteiger partial charge on any atom is -0.497 e. The van der Waals surface area contributed by atoms with Gasteiger partial charge in [-0.2, -0.15) is 0 Å². The van der Waals surface area contributed by atoms with Gasteiger partial charge in [0, 0.05) is 6.54 Å². The number of imide groups is 1. The van der Waals surface area contributed by atoms with E-state index in [9.17, 15) is 9.59 Å². The Morgan fingerprint density at radius 3 is 2.38 bits per heavy atom. The maximum Gasteiger partial charge on any atom is 0.413 e. The number of likely N-dealkylation sites (N-methyl/N-ethyl adjacent to an activating group) is 1. The number of methoxy groups -OCH3 is 1. The van der Waals surface area contributed by atoms with Gasteiger partial charge in [0.15, 0.2) is 0 Å². The molecule has 0 atom stereocenters. The molecule has 0 bridgehead atoms. The Morgan fingerprint density at radius 2 is 1.79 bits per heavy atom. The molecule has 0 aliphatic carbocycles. The Bertz CT molecular complexity index is 504. The van der Waals surface area contributed by atoms with Gasteiger partial charge in [-0.05, 0) is 44.2 Å². The summed E-state index contributed by atoms with van der Waals surface area (Å²) in [4.78, 5) is 24.8. The van der Waals surface area contributed by atoms with Crippen LogP contribution in [0.2, 0.25) is 0 Å². The fourth-order valence-electron chi connectivity index (χ4n) is 2.02. The van der Waals surface area contributed by atoms with Gasteiger partial charge in [-0.15, -0.1) is 0 Å². The SMILES string of the molecule is CCOC(=O)NC(=O)CN(CC)CCCOc1ccc(OC)cc1. The van der Waals surface area contributed by atoms with Crippen molar-refractivity contribution >= 4 is 12.0 Å². The van der Waals surface area contributed by atoms with E-state index in [1.54, 1.807) is 14.0 Å². The molecule has 0 radical (unpaired) electrons. The second-order valence-corrected chi connectivity index (χ2v) is 5.01. The van der Waals surface area contributed by atoms with Crippen molar-refractivity contribution in [1.82, 2.24) is 10.2 Å². The van der Waals surface area contributed by atoms with E-state index in [-0.39, 0.29) is 19.1 Å². The minimum atomic E-state index is -0.707. The largest absolute Gasteiger partial charge is 0.497 e. The average molecular weight is 338 g/mol. The summed E-state index contributed by atoms with van der Waals surface area (Å²) in [6, 6.07) is 7.38. The van der Waals surface area contributed by atoms with Gasteiger partial charge in [-0.1, -0.05) is 6.92 Å². The molecule has 24 heavy (non-hydrogen) atoms. The molecule has 0 fully saturated rings. The molecule has 7 nitrogen and oxygen atoms in total. The van der Waals surface area contributed by atoms with Crippen molar-refractivity contribution in [3.05, 3.63) is 24.3 Å². The smallest absolute Gasteiger partial charge is 0.413 e. The summed E-state index contributed by atoms with van der Waals surface area (Å²) in [5.41, 5.74) is 0. The van der Waals surface area contributed by atoms with E-state index in [4.69, 9.17) is 9.47 Å². The Morgan fingerprint density at radius 1 is 1.12 bits per heavy atom. The van der Waals surface area contributed by atoms with Crippen molar-refractivity contribution in [2.75, 3.05) is 40.0 Å². The number of hydrogen-bond acceptors (Lipinski definition) is 6. The van der Waals surface area contributed by atoms with Gasteiger partial charge < -0.3 is 14.2 Å². The van der Waals surface area contributed by atoms with Crippen molar-refractivity contribution in [2.24, 2.45) is 0 Å². The molecular formula is C17H26N2O5. The first-order valence-corrected chi connectivity index (χ1v) is 8.04. The zero-order valence-corrected chi connectivity index (χ0v) is 14.5. The Hall–Kier alpha value is -2.28. The van der Waals surface area contributed by atoms with E-state index in [1.165, 1.54) is 0 Å². The molecule has 0 saturated heterocycles. The molecule has 0 saturated carbocycles. The quantitative estimate of drug-likeness (QED) is 0.658. The summed E-state index contributed by atoms with van der Waals surface area (Å²) in [5.74, 6) is 1.19. The second-order valence-electron chi connectivity index (χ2n) is 5.01. The molecule has 134 valence electrons. The fraction of sp³-hybridized carbons (Fsp3) is 0.529. The van der Waals surface area contributed by atoms with Gasteiger partial charge in [0.05, 0.1) is 26.9 Å². The second kappa shape index (κ2) is 11.3. The Balaban J connectivity index is 2.25. The Labute approximate surface area is 142 Å². The van der Waals surface area contributed by atoms with E-state index in [0.29, 0.717) is 19.7 Å². The van der Waals surface area contributed by atoms with Gasteiger partial charge in [0.25, 0.3) is 0 Å². The van der Waals surface area contributed by atoms with Crippen LogP contribution in [0.5, 0.6) is 11.5 Å². The van der Waals surface area contributed by atoms with Crippen LogP contribution in [0.3, 0.4) is 0 Å². The number of benzene rings is 1. The third kappa shape index (κ3) is 7.82. The van der Waals surface area contributed by atoms with Crippen LogP contribution in [0.4, 0.5) is 4.79 Å². The van der Waals surface area contributed by atoms with E-state index in [0.717, 1.165) is 17.9 Å². The predicted molar refractivity (Wildman–Crippen MR) is 90.4 cm³/mol. The molecule has 0 aliphatic heterocycles. The standard InChI is InChI=1S/C17H26N2O5/c1-4-19(13-16(20)18-17(21)23-5-2)11-6-12-24-15-9-7-14(22-3)8-10-15/h7-10H,4-6,11-13H2,1-3H3,(H,18,20,21). The number of alkyl carbamates (subject to hydrolysis) is 1. The molecule has 2 amide bonds. The third-order valence-corrected chi connectivity index (χ3v) is 3.28. The van der Waals surface area contributed by atoms with Crippen LogP contribution in [-0.2, 0) is 9.53 Å². The van der Waals surface area contributed by atoms with Gasteiger partial charge in [0.1, 0.15) is 11.5 Å². The lowest BCUT2D eigenvalue weighted by Crippen LogP contribution is -2.40. The molecule has 0 unspecified atom stereocenters. The summed E-state index contributed by atoms with van der Waals surface area (Å²) >= 11 is 0. The first-order chi connectivity index (χ1) is 11.6. The Kier molecular flexibility index (Phi) is 9.29. The highest BCUT2D eigenvalue weighted by molar-refractivity contribution is 5.92. The molecule has 1 aromatic carbocycles. The molecular weight excluding hydrogens is 312 g/mol. The van der Waals surface area contributed by atoms with Crippen LogP contribution < -0.4 is 14.8 Å². The monoisotopic (exact) mass is 338 g/mol. The highest BCUT2D eigenvalue weighted by Gasteiger charge is 2.12. The van der Waals surface area contributed by atoms with Crippen LogP contribution in [0, 0.1) is 0 Å². The zero-order chi connectivity index (χ0) is 17.8. The summed E-state index contributed by atoms with van der Waals surface area (Å²) in [5, 5.41) is 2.19. The van der Waals surface area contributed by atoms with Crippen molar-refractivity contribution < 1.29 is 23.8 Å². The first kappa shape index (κ1) is 19.8. The topological polar surface area (TPSA) is 77.1 Å². The zero-order valence-electron chi connectivity index (χ0n) is 14.5. The molecule has 0 aliphatic rings. The summed E-state index contributed by atoms with van der Waals surface area (Å²) in [7, 11) is 1.62. The minimum absolute atomic E-state index is 0.151. The summed E-state index contributed by atoms with van der Waals surface area (Å²) < 4.78 is 15.4. The number of carbonyl (C=O) groups excluding carboxylic acids is 2. The average Bonchev–Trinajstić information content (AvgIpc) is 2.58. The number of hydrogen-bond donors (Lipinski definition) is 1. The summed E-state index contributed by atoms with van der Waals surface area (Å²) in [6.07, 6.45) is 0.0633. The lowest BCUT2D eigenvalue weighted by atomic mass is 10.3. The van der Waals surface area contributed by atoms with E-state index in [1.807, 2.05) is 36.1 Å². The lowest BCUT2D eigenvalue weighted by molar-refractivity contribution is -0.121. The van der Waals surface area contributed by atoms with Gasteiger partial charge in [-0.3, -0.25) is 15.0 Å². The van der Waals surface area contributed by atoms with Crippen molar-refractivity contribution in [3.63, 3.8) is 0 Å². The van der Waals surface area contributed by atoms with E-state index in [2.05, 4.69) is 10.1 Å². The van der Waals surface area contributed by atoms with E-state index >= 15 is 0 Å². The van der Waals surface area contributed by atoms with E-state index < -0.39 is 6.09 Å². The first-order valence-electron chi connectivity index (χ1n) is 8.04. The van der Waals surface area contributed by atoms with Crippen LogP contribution >= 0.6 is 0 Å². The number of amides is 2. The molecule has 1 N–H and O–H groups in total. The highest BCUT2D eigenvalue weighted by Crippen LogP contribution is 2.17. The number of nitrogens with zero attached hydrogens (tertiary/aromatic N) is 1. The fourth-order valence-corrected chi connectivity index (χ4v) is 2.02. The van der Waals surface area contributed by atoms with Gasteiger partial charge in [-0.25, -0.2) is 4.79 Å². The van der Waals surface area contributed by atoms with Crippen LogP contribution in [0.25, 0.3) is 0 Å². The summed E-state index contributed by atoms with van der Waals surface area (Å²) in [6.45, 7) is 5.98. The van der Waals surface area contributed by atoms with Crippen molar-refractivity contribution in [2.45, 2.75) is 20.3 Å². The molecule has 0 spiro atoms. The molecule has 1 rings (SSSR count). The number of nitrogens with one attached hydrogen (secondary N) is 1. The van der Waals surface area contributed by atoms with Crippen LogP contribution in [0.1, 0.15) is 20.3 Å². The van der Waals surface area contributed by atoms with Crippen LogP contribution in [-0.4, -0.2) is 56.9 Å². The molecule has 1 aromatic rings. The third-order valence-electron chi connectivity index (χ3n) is 3.28. The normalized spacial score (nSPS) is 10.3. The lowest BCUT2D eigenvalue weighted by Gasteiger charge is -2.19. The predicted octanol–water partition coefficient (Wildman–Crippen LogP) is 2.06. The van der Waals surface area contributed by atoms with Crippen molar-refractivity contribution in [3.8, 4) is 11.5 Å². The number of rotatable bonds is 10. The maximum absolute atomic E-state index is 11.7. The number of carbonyl (C=O) groups is 2. The molecule has 0 aromatic heterocycles. The van der Waals surface area contributed by atoms with Gasteiger partial charge >= 0.3 is 6.09 Å². The van der Waals surface area contributed by atoms with Crippen molar-refractivity contribution in [1.29, 1.82) is 0 Å². The molecule has 7 heteroatoms. The van der Waals surface area contributed by atoms with Crippen LogP contribution in [0.15, 0.2) is 24.3 Å².